The molecule has 0 aliphatic carbocycles. The van der Waals surface area contributed by atoms with Crippen LogP contribution in [0.4, 0.5) is 0 Å². The quantitative estimate of drug-likeness (QED) is 0.287. The molecule has 0 amide bonds. The lowest BCUT2D eigenvalue weighted by atomic mass is 9.99. The van der Waals surface area contributed by atoms with Gasteiger partial charge >= 0.3 is 0 Å². The molecule has 130 valence electrons. The lowest BCUT2D eigenvalue weighted by Gasteiger charge is -2.10. The monoisotopic (exact) mass is 343 g/mol. The van der Waals surface area contributed by atoms with E-state index in [2.05, 4.69) is 43.6 Å². The Morgan fingerprint density at radius 1 is 1.33 bits per heavy atom. The maximum Gasteiger partial charge on any atom is 0.119 e. The Morgan fingerprint density at radius 3 is 2.88 bits per heavy atom. The van der Waals surface area contributed by atoms with Crippen LogP contribution < -0.4 is 4.74 Å². The van der Waals surface area contributed by atoms with E-state index in [1.807, 2.05) is 36.2 Å². The van der Waals surface area contributed by atoms with Gasteiger partial charge in [0.2, 0.25) is 0 Å². The highest BCUT2D eigenvalue weighted by atomic mass is 32.2. The Labute approximate surface area is 151 Å². The lowest BCUT2D eigenvalue weighted by Crippen LogP contribution is -2.01. The van der Waals surface area contributed by atoms with Gasteiger partial charge in [0.25, 0.3) is 0 Å². The molecule has 2 nitrogen and oxygen atoms in total. The fourth-order valence-electron chi connectivity index (χ4n) is 2.23. The van der Waals surface area contributed by atoms with Gasteiger partial charge in [0.1, 0.15) is 5.75 Å². The summed E-state index contributed by atoms with van der Waals surface area (Å²) in [7, 11) is 1.80. The third-order valence-corrected chi connectivity index (χ3v) is 4.56. The minimum atomic E-state index is 0.746. The molecule has 0 saturated heterocycles. The fraction of sp³-hybridized carbons (Fsp3) is 0.381. The molecule has 0 spiro atoms. The van der Waals surface area contributed by atoms with E-state index in [4.69, 9.17) is 4.74 Å². The van der Waals surface area contributed by atoms with Crippen LogP contribution >= 0.6 is 11.8 Å². The standard InChI is InChI=1S/C21H29NOS/c1-5-7-8-10-18(3)21(17-22-4)19-11-9-12-20(16-19)23-13-15-24-14-6-2/h5,7-9,11-12,16-17H,1,6,10,13-15H2,2-4H3/b8-7-,21-18+,22-17?. The van der Waals surface area contributed by atoms with E-state index in [1.54, 1.807) is 13.1 Å². The van der Waals surface area contributed by atoms with Crippen molar-refractivity contribution in [1.82, 2.24) is 0 Å². The van der Waals surface area contributed by atoms with Crippen molar-refractivity contribution in [2.24, 2.45) is 4.99 Å². The molecule has 3 heteroatoms. The van der Waals surface area contributed by atoms with E-state index in [9.17, 15) is 0 Å². The maximum atomic E-state index is 5.88. The molecule has 1 rings (SSSR count). The average molecular weight is 344 g/mol. The van der Waals surface area contributed by atoms with Gasteiger partial charge in [-0.3, -0.25) is 4.99 Å². The summed E-state index contributed by atoms with van der Waals surface area (Å²) >= 11 is 1.94. The summed E-state index contributed by atoms with van der Waals surface area (Å²) in [4.78, 5) is 4.22. The van der Waals surface area contributed by atoms with Gasteiger partial charge in [0, 0.05) is 19.0 Å². The number of nitrogens with zero attached hydrogens (tertiary/aromatic N) is 1. The van der Waals surface area contributed by atoms with Crippen LogP contribution in [0.1, 0.15) is 32.3 Å². The molecule has 0 atom stereocenters. The number of aliphatic imine (C=N–C) groups is 1. The van der Waals surface area contributed by atoms with Crippen LogP contribution in [0.15, 0.2) is 59.6 Å². The van der Waals surface area contributed by atoms with Gasteiger partial charge in [0.15, 0.2) is 0 Å². The minimum Gasteiger partial charge on any atom is -0.493 e. The zero-order valence-electron chi connectivity index (χ0n) is 15.1. The second kappa shape index (κ2) is 12.7. The first-order chi connectivity index (χ1) is 11.7. The molecule has 0 radical (unpaired) electrons. The smallest absolute Gasteiger partial charge is 0.119 e. The molecule has 0 aromatic heterocycles. The largest absolute Gasteiger partial charge is 0.493 e. The number of allylic oxidation sites excluding steroid dienone is 5. The molecule has 0 heterocycles. The Kier molecular flexibility index (Phi) is 10.7. The van der Waals surface area contributed by atoms with Crippen molar-refractivity contribution >= 4 is 23.5 Å². The predicted octanol–water partition coefficient (Wildman–Crippen LogP) is 5.82. The Hall–Kier alpha value is -1.74. The summed E-state index contributed by atoms with van der Waals surface area (Å²) in [5.74, 6) is 3.14. The first kappa shape index (κ1) is 20.3. The van der Waals surface area contributed by atoms with E-state index >= 15 is 0 Å². The highest BCUT2D eigenvalue weighted by molar-refractivity contribution is 7.99. The summed E-state index contributed by atoms with van der Waals surface area (Å²) < 4.78 is 5.88. The molecule has 0 fully saturated rings. The molecule has 0 unspecified atom stereocenters. The van der Waals surface area contributed by atoms with Gasteiger partial charge in [-0.25, -0.2) is 0 Å². The maximum absolute atomic E-state index is 5.88. The Balaban J connectivity index is 2.84. The zero-order valence-corrected chi connectivity index (χ0v) is 15.9. The van der Waals surface area contributed by atoms with E-state index in [1.165, 1.54) is 17.7 Å². The summed E-state index contributed by atoms with van der Waals surface area (Å²) in [5, 5.41) is 0. The third-order valence-electron chi connectivity index (χ3n) is 3.40. The fourth-order valence-corrected chi connectivity index (χ4v) is 2.92. The average Bonchev–Trinajstić information content (AvgIpc) is 2.60. The molecule has 24 heavy (non-hydrogen) atoms. The number of rotatable bonds is 11. The summed E-state index contributed by atoms with van der Waals surface area (Å²) in [6.07, 6.45) is 9.89. The molecule has 0 aliphatic rings. The SMILES string of the molecule is C=C/C=C\C/C(C)=C(\C=NC)c1cccc(OCCSCCC)c1. The van der Waals surface area contributed by atoms with Crippen molar-refractivity contribution in [2.75, 3.05) is 25.2 Å². The van der Waals surface area contributed by atoms with E-state index in [0.717, 1.165) is 35.7 Å². The van der Waals surface area contributed by atoms with E-state index < -0.39 is 0 Å². The molecule has 0 bridgehead atoms. The molecule has 1 aromatic rings. The van der Waals surface area contributed by atoms with Crippen molar-refractivity contribution in [3.63, 3.8) is 0 Å². The van der Waals surface area contributed by atoms with Gasteiger partial charge in [0.05, 0.1) is 6.61 Å². The number of thioether (sulfide) groups is 1. The predicted molar refractivity (Wildman–Crippen MR) is 111 cm³/mol. The molecular weight excluding hydrogens is 314 g/mol. The van der Waals surface area contributed by atoms with E-state index in [-0.39, 0.29) is 0 Å². The van der Waals surface area contributed by atoms with Gasteiger partial charge < -0.3 is 4.74 Å². The van der Waals surface area contributed by atoms with Crippen molar-refractivity contribution in [2.45, 2.75) is 26.7 Å². The van der Waals surface area contributed by atoms with Crippen molar-refractivity contribution < 1.29 is 4.74 Å². The highest BCUT2D eigenvalue weighted by Gasteiger charge is 2.05. The highest BCUT2D eigenvalue weighted by Crippen LogP contribution is 2.24. The van der Waals surface area contributed by atoms with Crippen molar-refractivity contribution in [1.29, 1.82) is 0 Å². The second-order valence-electron chi connectivity index (χ2n) is 5.44. The normalized spacial score (nSPS) is 12.6. The van der Waals surface area contributed by atoms with Crippen LogP contribution in [0.3, 0.4) is 0 Å². The molecule has 0 saturated carbocycles. The van der Waals surface area contributed by atoms with Crippen LogP contribution in [0.5, 0.6) is 5.75 Å². The second-order valence-corrected chi connectivity index (χ2v) is 6.66. The van der Waals surface area contributed by atoms with Crippen LogP contribution in [0.2, 0.25) is 0 Å². The summed E-state index contributed by atoms with van der Waals surface area (Å²) in [5.41, 5.74) is 3.56. The topological polar surface area (TPSA) is 21.6 Å². The third kappa shape index (κ3) is 7.69. The van der Waals surface area contributed by atoms with Crippen molar-refractivity contribution in [3.8, 4) is 5.75 Å². The number of ether oxygens (including phenoxy) is 1. The van der Waals surface area contributed by atoms with Crippen LogP contribution in [0.25, 0.3) is 5.57 Å². The summed E-state index contributed by atoms with van der Waals surface area (Å²) in [6.45, 7) is 8.79. The molecule has 0 aliphatic heterocycles. The van der Waals surface area contributed by atoms with Crippen LogP contribution in [-0.4, -0.2) is 31.4 Å². The van der Waals surface area contributed by atoms with Crippen LogP contribution in [0, 0.1) is 0 Å². The Morgan fingerprint density at radius 2 is 2.17 bits per heavy atom. The molecule has 0 N–H and O–H groups in total. The number of hydrogen-bond acceptors (Lipinski definition) is 3. The van der Waals surface area contributed by atoms with Gasteiger partial charge in [-0.15, -0.1) is 0 Å². The first-order valence-corrected chi connectivity index (χ1v) is 9.58. The lowest BCUT2D eigenvalue weighted by molar-refractivity contribution is 0.344. The summed E-state index contributed by atoms with van der Waals surface area (Å²) in [6, 6.07) is 8.26. The number of hydrogen-bond donors (Lipinski definition) is 0. The first-order valence-electron chi connectivity index (χ1n) is 8.43. The zero-order chi connectivity index (χ0) is 17.6. The molecular formula is C21H29NOS. The van der Waals surface area contributed by atoms with Crippen molar-refractivity contribution in [3.05, 3.63) is 60.2 Å². The minimum absolute atomic E-state index is 0.746. The van der Waals surface area contributed by atoms with Gasteiger partial charge in [-0.1, -0.05) is 49.4 Å². The van der Waals surface area contributed by atoms with Crippen LogP contribution in [-0.2, 0) is 0 Å². The number of benzene rings is 1. The van der Waals surface area contributed by atoms with Gasteiger partial charge in [-0.05, 0) is 48.8 Å². The van der Waals surface area contributed by atoms with E-state index in [0.29, 0.717) is 0 Å². The van der Waals surface area contributed by atoms with Gasteiger partial charge in [-0.2, -0.15) is 11.8 Å². The Bertz CT molecular complexity index is 587. The molecule has 1 aromatic carbocycles.